The number of esters is 1. The molecule has 6 radical (unpaired) electrons. The number of carbonyl (C=O) groups is 2. The molecule has 1 aliphatic rings. The molecule has 1 aromatic carbocycles. The number of carbonyl (C=O) groups excluding carboxylic acids is 2. The molecule has 4 nitrogen and oxygen atoms in total. The number of amides is 1. The molecular formula is C15H17NO3Pb2S. The van der Waals surface area contributed by atoms with Crippen LogP contribution in [-0.2, 0) is 14.3 Å². The van der Waals surface area contributed by atoms with E-state index in [4.69, 9.17) is 4.74 Å². The van der Waals surface area contributed by atoms with Crippen LogP contribution >= 0.6 is 11.8 Å². The van der Waals surface area contributed by atoms with E-state index in [0.29, 0.717) is 18.9 Å². The van der Waals surface area contributed by atoms with Gasteiger partial charge in [-0.2, -0.15) is 0 Å². The first-order chi connectivity index (χ1) is 10.5. The first kappa shape index (κ1) is 18.7. The van der Waals surface area contributed by atoms with Crippen LogP contribution in [0.25, 0.3) is 0 Å². The van der Waals surface area contributed by atoms with E-state index < -0.39 is 0 Å². The van der Waals surface area contributed by atoms with Crippen LogP contribution < -0.4 is 0 Å². The normalized spacial score (nSPS) is 21.2. The van der Waals surface area contributed by atoms with Gasteiger partial charge in [0.25, 0.3) is 0 Å². The number of nitrogens with zero attached hydrogens (tertiary/aromatic N) is 1. The Bertz CT molecular complexity index is 527. The zero-order valence-corrected chi connectivity index (χ0v) is 20.9. The molecule has 2 rings (SSSR count). The van der Waals surface area contributed by atoms with Crippen molar-refractivity contribution in [3.8, 4) is 0 Å². The molecule has 0 aromatic heterocycles. The first-order valence-corrected chi connectivity index (χ1v) is 12.5. The van der Waals surface area contributed by atoms with Gasteiger partial charge in [0, 0.05) is 0 Å². The van der Waals surface area contributed by atoms with Crippen molar-refractivity contribution in [2.24, 2.45) is 5.92 Å². The van der Waals surface area contributed by atoms with Gasteiger partial charge in [-0.05, 0) is 0 Å². The van der Waals surface area contributed by atoms with Gasteiger partial charge < -0.3 is 0 Å². The van der Waals surface area contributed by atoms with Crippen LogP contribution in [0.5, 0.6) is 0 Å². The van der Waals surface area contributed by atoms with Crippen molar-refractivity contribution in [1.29, 1.82) is 0 Å². The molecule has 1 fully saturated rings. The molecule has 0 N–H and O–H groups in total. The van der Waals surface area contributed by atoms with Crippen molar-refractivity contribution in [3.05, 3.63) is 30.3 Å². The summed E-state index contributed by atoms with van der Waals surface area (Å²) in [6.07, 6.45) is 0.716. The average Bonchev–Trinajstić information content (AvgIpc) is 2.96. The Morgan fingerprint density at radius 2 is 2.05 bits per heavy atom. The fraction of sp³-hybridized carbons (Fsp3) is 0.467. The second kappa shape index (κ2) is 9.00. The van der Waals surface area contributed by atoms with Gasteiger partial charge in [0.05, 0.1) is 0 Å². The Hall–Kier alpha value is 0.354. The Morgan fingerprint density at radius 3 is 2.64 bits per heavy atom. The van der Waals surface area contributed by atoms with Crippen molar-refractivity contribution in [3.63, 3.8) is 0 Å². The van der Waals surface area contributed by atoms with Gasteiger partial charge >= 0.3 is 168 Å². The van der Waals surface area contributed by atoms with Gasteiger partial charge in [-0.3, -0.25) is 0 Å². The van der Waals surface area contributed by atoms with Gasteiger partial charge in [0.15, 0.2) is 0 Å². The summed E-state index contributed by atoms with van der Waals surface area (Å²) in [4.78, 5) is 27.3. The van der Waals surface area contributed by atoms with E-state index in [1.54, 1.807) is 16.7 Å². The summed E-state index contributed by atoms with van der Waals surface area (Å²) in [6.45, 7) is 0.680. The Balaban J connectivity index is 2.00. The molecule has 114 valence electrons. The maximum atomic E-state index is 12.4. The molecule has 1 amide bonds. The van der Waals surface area contributed by atoms with Gasteiger partial charge in [-0.15, -0.1) is 0 Å². The van der Waals surface area contributed by atoms with Gasteiger partial charge in [0.1, 0.15) is 0 Å². The molecule has 1 aromatic rings. The van der Waals surface area contributed by atoms with E-state index in [0.717, 1.165) is 57.3 Å². The van der Waals surface area contributed by atoms with E-state index >= 15 is 0 Å². The predicted molar refractivity (Wildman–Crippen MR) is 88.0 cm³/mol. The van der Waals surface area contributed by atoms with E-state index in [9.17, 15) is 9.59 Å². The molecule has 0 bridgehead atoms. The maximum absolute atomic E-state index is 12.4. The summed E-state index contributed by atoms with van der Waals surface area (Å²) in [7, 11) is 1.40. The summed E-state index contributed by atoms with van der Waals surface area (Å²) in [6, 6.07) is 9.85. The molecule has 7 heteroatoms. The van der Waals surface area contributed by atoms with Crippen molar-refractivity contribution in [1.82, 2.24) is 4.90 Å². The monoisotopic (exact) mass is 707 g/mol. The summed E-state index contributed by atoms with van der Waals surface area (Å²) < 4.78 is 5.06. The summed E-state index contributed by atoms with van der Waals surface area (Å²) >= 11 is 3.52. The molecule has 2 atom stereocenters. The number of thioether (sulfide) groups is 1. The van der Waals surface area contributed by atoms with Gasteiger partial charge in [-0.25, -0.2) is 0 Å². The quantitative estimate of drug-likeness (QED) is 0.263. The van der Waals surface area contributed by atoms with Crippen molar-refractivity contribution in [2.75, 3.05) is 19.4 Å². The van der Waals surface area contributed by atoms with E-state index in [1.165, 1.54) is 12.0 Å². The average molecular weight is 706 g/mol. The molecule has 0 saturated carbocycles. The molecule has 0 aliphatic carbocycles. The van der Waals surface area contributed by atoms with Crippen LogP contribution in [0, 0.1) is 5.92 Å². The van der Waals surface area contributed by atoms with Crippen LogP contribution in [0.4, 0.5) is 0 Å². The SMILES string of the molecule is COC(=O)C1CC(CSc2ccccc2)CN1C(=O)[CH]([Pb])[Pb]. The standard InChI is InChI=1S/C15H17NO3S.2Pb/c1-11(17)16-9-12(8-14(16)15(18)19-2)10-20-13-6-4-3-5-7-13;;/h1,3-7,12,14H,8-10H2,2H3;;. The van der Waals surface area contributed by atoms with Crippen LogP contribution in [0.15, 0.2) is 35.2 Å². The molecule has 1 aliphatic heterocycles. The van der Waals surface area contributed by atoms with Crippen molar-refractivity contribution < 1.29 is 14.3 Å². The van der Waals surface area contributed by atoms with E-state index in [2.05, 4.69) is 12.1 Å². The fourth-order valence-electron chi connectivity index (χ4n) is 2.54. The number of ether oxygens (including phenoxy) is 1. The Kier molecular flexibility index (Phi) is 7.64. The van der Waals surface area contributed by atoms with Crippen LogP contribution in [-0.4, -0.2) is 93.8 Å². The molecule has 22 heavy (non-hydrogen) atoms. The van der Waals surface area contributed by atoms with Crippen LogP contribution in [0.1, 0.15) is 6.42 Å². The molecule has 1 heterocycles. The number of benzene rings is 1. The first-order valence-electron chi connectivity index (χ1n) is 7.01. The second-order valence-corrected chi connectivity index (χ2v) is 19.5. The third-order valence-corrected chi connectivity index (χ3v) is 6.78. The second-order valence-electron chi connectivity index (χ2n) is 5.19. The minimum absolute atomic E-state index is 0.154. The minimum atomic E-state index is -0.385. The summed E-state index contributed by atoms with van der Waals surface area (Å²) in [5.41, 5.74) is 0. The third-order valence-electron chi connectivity index (χ3n) is 3.62. The zero-order chi connectivity index (χ0) is 16.1. The Labute approximate surface area is 167 Å². The topological polar surface area (TPSA) is 46.6 Å². The van der Waals surface area contributed by atoms with Crippen molar-refractivity contribution >= 4 is 75.2 Å². The number of methoxy groups -OCH3 is 1. The van der Waals surface area contributed by atoms with E-state index in [1.807, 2.05) is 18.2 Å². The van der Waals surface area contributed by atoms with Gasteiger partial charge in [-0.1, -0.05) is 0 Å². The summed E-state index contributed by atoms with van der Waals surface area (Å²) in [5.74, 6) is 1.15. The van der Waals surface area contributed by atoms with Crippen LogP contribution in [0.2, 0.25) is 1.04 Å². The molecule has 1 saturated heterocycles. The molecule has 0 spiro atoms. The third kappa shape index (κ3) is 4.92. The summed E-state index contributed by atoms with van der Waals surface area (Å²) in [5, 5.41) is 0. The Morgan fingerprint density at radius 1 is 1.36 bits per heavy atom. The molecule has 2 unspecified atom stereocenters. The van der Waals surface area contributed by atoms with Crippen molar-refractivity contribution in [2.45, 2.75) is 18.4 Å². The number of rotatable bonds is 5. The number of hydrogen-bond acceptors (Lipinski definition) is 4. The fourth-order valence-corrected chi connectivity index (χ4v) is 4.85. The zero-order valence-electron chi connectivity index (χ0n) is 12.3. The number of likely N-dealkylation sites (tertiary alicyclic amines) is 1. The predicted octanol–water partition coefficient (Wildman–Crippen LogP) is 1.25. The van der Waals surface area contributed by atoms with Gasteiger partial charge in [0.2, 0.25) is 0 Å². The molecular weight excluding hydrogens is 689 g/mol. The number of hydrogen-bond donors (Lipinski definition) is 0. The van der Waals surface area contributed by atoms with E-state index in [-0.39, 0.29) is 19.0 Å². The van der Waals surface area contributed by atoms with Crippen LogP contribution in [0.3, 0.4) is 0 Å².